The summed E-state index contributed by atoms with van der Waals surface area (Å²) in [6, 6.07) is 6.48. The second-order valence-electron chi connectivity index (χ2n) is 5.99. The number of hydrogen-bond acceptors (Lipinski definition) is 3. The number of carbonyl (C=O) groups is 1. The first-order valence-corrected chi connectivity index (χ1v) is 9.25. The molecule has 0 spiro atoms. The Balaban J connectivity index is 2.58. The van der Waals surface area contributed by atoms with Gasteiger partial charge in [-0.25, -0.2) is 13.1 Å². The van der Waals surface area contributed by atoms with Gasteiger partial charge >= 0.3 is 0 Å². The largest absolute Gasteiger partial charge is 0.350 e. The average molecular weight is 338 g/mol. The molecular weight excluding hydrogens is 312 g/mol. The highest BCUT2D eigenvalue weighted by atomic mass is 32.2. The molecule has 0 fully saturated rings. The van der Waals surface area contributed by atoms with Gasteiger partial charge < -0.3 is 5.32 Å². The number of nitrogens with one attached hydrogen (secondary N) is 2. The van der Waals surface area contributed by atoms with Crippen molar-refractivity contribution in [1.82, 2.24) is 10.0 Å². The maximum absolute atomic E-state index is 11.8. The maximum atomic E-state index is 11.8. The van der Waals surface area contributed by atoms with Gasteiger partial charge in [0.05, 0.1) is 4.90 Å². The Bertz CT molecular complexity index is 634. The van der Waals surface area contributed by atoms with Crippen LogP contribution in [0.2, 0.25) is 0 Å². The summed E-state index contributed by atoms with van der Waals surface area (Å²) in [5.74, 6) is 0.477. The zero-order valence-corrected chi connectivity index (χ0v) is 15.0. The van der Waals surface area contributed by atoms with E-state index in [0.717, 1.165) is 18.4 Å². The Hall–Kier alpha value is -1.66. The van der Waals surface area contributed by atoms with Gasteiger partial charge in [0.25, 0.3) is 0 Å². The minimum absolute atomic E-state index is 0.137. The van der Waals surface area contributed by atoms with Crippen molar-refractivity contribution in [3.05, 3.63) is 35.9 Å². The standard InChI is InChI=1S/C17H26N2O3S/c1-13(2)5-6-14(3)19-17(20)12-9-15-7-10-16(11-8-15)23(21,22)18-4/h7-14,18H,5-6H2,1-4H3,(H,19,20)/b12-9+. The topological polar surface area (TPSA) is 75.3 Å². The van der Waals surface area contributed by atoms with E-state index in [4.69, 9.17) is 0 Å². The minimum Gasteiger partial charge on any atom is -0.350 e. The molecule has 0 aliphatic rings. The van der Waals surface area contributed by atoms with Crippen molar-refractivity contribution in [2.75, 3.05) is 7.05 Å². The molecule has 2 N–H and O–H groups in total. The first-order chi connectivity index (χ1) is 10.7. The number of amides is 1. The monoisotopic (exact) mass is 338 g/mol. The molecule has 0 bridgehead atoms. The Morgan fingerprint density at radius 1 is 1.13 bits per heavy atom. The molecule has 0 aliphatic carbocycles. The van der Waals surface area contributed by atoms with E-state index in [1.807, 2.05) is 6.92 Å². The highest BCUT2D eigenvalue weighted by Gasteiger charge is 2.10. The second-order valence-corrected chi connectivity index (χ2v) is 7.88. The fourth-order valence-corrected chi connectivity index (χ4v) is 2.72. The van der Waals surface area contributed by atoms with Gasteiger partial charge in [-0.2, -0.15) is 0 Å². The van der Waals surface area contributed by atoms with Crippen LogP contribution in [0.15, 0.2) is 35.2 Å². The summed E-state index contributed by atoms with van der Waals surface area (Å²) in [4.78, 5) is 12.0. The van der Waals surface area contributed by atoms with Gasteiger partial charge in [0, 0.05) is 12.1 Å². The van der Waals surface area contributed by atoms with Gasteiger partial charge in [-0.3, -0.25) is 4.79 Å². The highest BCUT2D eigenvalue weighted by Crippen LogP contribution is 2.11. The summed E-state index contributed by atoms with van der Waals surface area (Å²) in [6.45, 7) is 6.31. The van der Waals surface area contributed by atoms with Crippen LogP contribution in [0.25, 0.3) is 6.08 Å². The molecule has 0 radical (unpaired) electrons. The van der Waals surface area contributed by atoms with Crippen molar-refractivity contribution >= 4 is 22.0 Å². The van der Waals surface area contributed by atoms with Crippen molar-refractivity contribution in [2.45, 2.75) is 44.6 Å². The van der Waals surface area contributed by atoms with Crippen LogP contribution >= 0.6 is 0 Å². The number of hydrogen-bond donors (Lipinski definition) is 2. The van der Waals surface area contributed by atoms with Crippen LogP contribution in [0, 0.1) is 5.92 Å². The van der Waals surface area contributed by atoms with Crippen LogP contribution in [0.3, 0.4) is 0 Å². The molecule has 128 valence electrons. The van der Waals surface area contributed by atoms with Crippen LogP contribution < -0.4 is 10.0 Å². The van der Waals surface area contributed by atoms with Gasteiger partial charge in [0.1, 0.15) is 0 Å². The molecule has 6 heteroatoms. The summed E-state index contributed by atoms with van der Waals surface area (Å²) in [6.07, 6.45) is 5.16. The Kier molecular flexibility index (Phi) is 7.45. The van der Waals surface area contributed by atoms with Gasteiger partial charge in [-0.05, 0) is 56.5 Å². The highest BCUT2D eigenvalue weighted by molar-refractivity contribution is 7.89. The Labute approximate surface area is 139 Å². The van der Waals surface area contributed by atoms with E-state index in [2.05, 4.69) is 23.9 Å². The van der Waals surface area contributed by atoms with E-state index >= 15 is 0 Å². The summed E-state index contributed by atoms with van der Waals surface area (Å²) in [5.41, 5.74) is 0.769. The molecule has 0 aliphatic heterocycles. The van der Waals surface area contributed by atoms with E-state index in [9.17, 15) is 13.2 Å². The molecule has 1 aromatic carbocycles. The smallest absolute Gasteiger partial charge is 0.244 e. The van der Waals surface area contributed by atoms with Gasteiger partial charge in [-0.15, -0.1) is 0 Å². The second kappa shape index (κ2) is 8.84. The Morgan fingerprint density at radius 2 is 1.74 bits per heavy atom. The predicted molar refractivity (Wildman–Crippen MR) is 93.4 cm³/mol. The first kappa shape index (κ1) is 19.4. The minimum atomic E-state index is -3.43. The third kappa shape index (κ3) is 6.97. The van der Waals surface area contributed by atoms with Crippen LogP contribution in [-0.2, 0) is 14.8 Å². The molecule has 0 heterocycles. The van der Waals surface area contributed by atoms with E-state index in [1.54, 1.807) is 18.2 Å². The molecule has 1 rings (SSSR count). The fraction of sp³-hybridized carbons (Fsp3) is 0.471. The third-order valence-corrected chi connectivity index (χ3v) is 4.88. The summed E-state index contributed by atoms with van der Waals surface area (Å²) in [5, 5.41) is 2.92. The molecule has 0 aromatic heterocycles. The molecule has 1 unspecified atom stereocenters. The number of sulfonamides is 1. The summed E-state index contributed by atoms with van der Waals surface area (Å²) >= 11 is 0. The molecule has 1 aromatic rings. The van der Waals surface area contributed by atoms with Crippen LogP contribution in [0.1, 0.15) is 39.2 Å². The molecule has 23 heavy (non-hydrogen) atoms. The predicted octanol–water partition coefficient (Wildman–Crippen LogP) is 2.55. The lowest BCUT2D eigenvalue weighted by Gasteiger charge is -2.13. The van der Waals surface area contributed by atoms with Crippen LogP contribution in [-0.4, -0.2) is 27.4 Å². The normalized spacial score (nSPS) is 13.4. The van der Waals surface area contributed by atoms with Gasteiger partial charge in [0.2, 0.25) is 15.9 Å². The van der Waals surface area contributed by atoms with E-state index in [1.165, 1.54) is 25.3 Å². The van der Waals surface area contributed by atoms with Gasteiger partial charge in [-0.1, -0.05) is 26.0 Å². The number of benzene rings is 1. The van der Waals surface area contributed by atoms with E-state index in [0.29, 0.717) is 5.92 Å². The van der Waals surface area contributed by atoms with Crippen molar-refractivity contribution in [3.8, 4) is 0 Å². The van der Waals surface area contributed by atoms with Crippen molar-refractivity contribution in [2.24, 2.45) is 5.92 Å². The molecule has 5 nitrogen and oxygen atoms in total. The molecule has 0 saturated heterocycles. The first-order valence-electron chi connectivity index (χ1n) is 7.76. The quantitative estimate of drug-likeness (QED) is 0.715. The van der Waals surface area contributed by atoms with Crippen molar-refractivity contribution < 1.29 is 13.2 Å². The molecular formula is C17H26N2O3S. The zero-order valence-electron chi connectivity index (χ0n) is 14.2. The average Bonchev–Trinajstić information content (AvgIpc) is 2.51. The van der Waals surface area contributed by atoms with E-state index in [-0.39, 0.29) is 16.8 Å². The molecule has 0 saturated carbocycles. The Morgan fingerprint density at radius 3 is 2.26 bits per heavy atom. The SMILES string of the molecule is CNS(=O)(=O)c1ccc(/C=C/C(=O)NC(C)CCC(C)C)cc1. The fourth-order valence-electron chi connectivity index (χ4n) is 1.99. The number of rotatable bonds is 8. The third-order valence-electron chi connectivity index (χ3n) is 3.45. The lowest BCUT2D eigenvalue weighted by molar-refractivity contribution is -0.117. The van der Waals surface area contributed by atoms with Crippen LogP contribution in [0.5, 0.6) is 0 Å². The lowest BCUT2D eigenvalue weighted by Crippen LogP contribution is -2.31. The summed E-state index contributed by atoms with van der Waals surface area (Å²) in [7, 11) is -2.06. The molecule has 1 amide bonds. The van der Waals surface area contributed by atoms with Crippen molar-refractivity contribution in [3.63, 3.8) is 0 Å². The zero-order chi connectivity index (χ0) is 17.5. The van der Waals surface area contributed by atoms with Crippen LogP contribution in [0.4, 0.5) is 0 Å². The van der Waals surface area contributed by atoms with Gasteiger partial charge in [0.15, 0.2) is 0 Å². The van der Waals surface area contributed by atoms with Crippen molar-refractivity contribution in [1.29, 1.82) is 0 Å². The lowest BCUT2D eigenvalue weighted by atomic mass is 10.0. The molecule has 1 atom stereocenters. The van der Waals surface area contributed by atoms with E-state index < -0.39 is 10.0 Å². The summed E-state index contributed by atoms with van der Waals surface area (Å²) < 4.78 is 25.5. The maximum Gasteiger partial charge on any atom is 0.244 e. The number of carbonyl (C=O) groups excluding carboxylic acids is 1.